The Morgan fingerprint density at radius 1 is 0.961 bits per heavy atom. The van der Waals surface area contributed by atoms with E-state index in [1.54, 1.807) is 26.0 Å². The number of carboxylic acids is 1. The van der Waals surface area contributed by atoms with Gasteiger partial charge in [-0.2, -0.15) is 0 Å². The molecule has 0 aromatic heterocycles. The van der Waals surface area contributed by atoms with E-state index < -0.39 is 28.9 Å². The highest BCUT2D eigenvalue weighted by molar-refractivity contribution is 6.00. The second kappa shape index (κ2) is 13.4. The number of Topliss-reactive ketones (excluding diaryl/α,β-unsaturated/α-hetero) is 1. The lowest BCUT2D eigenvalue weighted by Crippen LogP contribution is -2.62. The Kier molecular flexibility index (Phi) is 10.0. The number of rotatable bonds is 10. The van der Waals surface area contributed by atoms with Crippen LogP contribution in [0.15, 0.2) is 35.4 Å². The van der Waals surface area contributed by atoms with Crippen molar-refractivity contribution in [2.45, 2.75) is 138 Å². The van der Waals surface area contributed by atoms with E-state index in [4.69, 9.17) is 4.74 Å². The summed E-state index contributed by atoms with van der Waals surface area (Å²) in [5, 5.41) is 25.0. The molecular formula is C43H62FNO6. The summed E-state index contributed by atoms with van der Waals surface area (Å²) in [6, 6.07) is 6.43. The van der Waals surface area contributed by atoms with Gasteiger partial charge in [0.25, 0.3) is 0 Å². The van der Waals surface area contributed by atoms with Crippen LogP contribution in [0, 0.1) is 62.5 Å². The monoisotopic (exact) mass is 707 g/mol. The Hall–Kier alpha value is -2.58. The van der Waals surface area contributed by atoms with Gasteiger partial charge in [0.05, 0.1) is 17.9 Å². The number of hydrogen-bond donors (Lipinski definition) is 3. The van der Waals surface area contributed by atoms with Crippen LogP contribution in [0.5, 0.6) is 0 Å². The largest absolute Gasteiger partial charge is 0.481 e. The van der Waals surface area contributed by atoms with Crippen LogP contribution < -0.4 is 5.32 Å². The molecule has 5 aliphatic carbocycles. The summed E-state index contributed by atoms with van der Waals surface area (Å²) in [6.45, 7) is 17.8. The van der Waals surface area contributed by atoms with Gasteiger partial charge in [-0.3, -0.25) is 14.4 Å². The van der Waals surface area contributed by atoms with Gasteiger partial charge in [0.1, 0.15) is 11.9 Å². The molecule has 9 atom stereocenters. The summed E-state index contributed by atoms with van der Waals surface area (Å²) in [4.78, 5) is 38.6. The van der Waals surface area contributed by atoms with Crippen LogP contribution in [-0.4, -0.2) is 46.7 Å². The number of fused-ring (bicyclic) bond motifs is 7. The molecule has 0 saturated heterocycles. The van der Waals surface area contributed by atoms with E-state index in [1.165, 1.54) is 17.7 Å². The fourth-order valence-corrected chi connectivity index (χ4v) is 12.5. The summed E-state index contributed by atoms with van der Waals surface area (Å²) in [6.07, 6.45) is 7.10. The first kappa shape index (κ1) is 38.2. The Balaban J connectivity index is 1.23. The summed E-state index contributed by atoms with van der Waals surface area (Å²) in [5.41, 5.74) is 1.34. The maximum absolute atomic E-state index is 13.9. The number of carboxylic acid groups (broad SMARTS) is 1. The van der Waals surface area contributed by atoms with Gasteiger partial charge in [0, 0.05) is 30.3 Å². The molecule has 3 N–H and O–H groups in total. The van der Waals surface area contributed by atoms with Crippen molar-refractivity contribution in [2.24, 2.45) is 56.7 Å². The minimum absolute atomic E-state index is 0.0254. The number of nitrogens with one attached hydrogen (secondary N) is 1. The Bertz CT molecular complexity index is 1560. The Morgan fingerprint density at radius 2 is 1.61 bits per heavy atom. The van der Waals surface area contributed by atoms with Crippen molar-refractivity contribution in [1.82, 2.24) is 5.32 Å². The molecule has 282 valence electrons. The predicted octanol–water partition coefficient (Wildman–Crippen LogP) is 8.28. The van der Waals surface area contributed by atoms with Crippen LogP contribution in [0.25, 0.3) is 0 Å². The van der Waals surface area contributed by atoms with Crippen LogP contribution in [0.4, 0.5) is 4.39 Å². The summed E-state index contributed by atoms with van der Waals surface area (Å²) < 4.78 is 19.6. The molecule has 0 bridgehead atoms. The molecule has 0 radical (unpaired) electrons. The van der Waals surface area contributed by atoms with Gasteiger partial charge in [-0.05, 0) is 129 Å². The van der Waals surface area contributed by atoms with Crippen LogP contribution in [0.1, 0.15) is 125 Å². The number of carbonyl (C=O) groups excluding carboxylic acids is 2. The zero-order valence-electron chi connectivity index (χ0n) is 32.2. The van der Waals surface area contributed by atoms with E-state index in [9.17, 15) is 29.0 Å². The molecule has 4 saturated carbocycles. The highest BCUT2D eigenvalue weighted by Crippen LogP contribution is 2.73. The highest BCUT2D eigenvalue weighted by Gasteiger charge is 2.67. The van der Waals surface area contributed by atoms with Gasteiger partial charge >= 0.3 is 11.9 Å². The van der Waals surface area contributed by atoms with Gasteiger partial charge in [0.15, 0.2) is 5.78 Å². The van der Waals surface area contributed by atoms with Crippen molar-refractivity contribution in [3.8, 4) is 0 Å². The number of benzene rings is 1. The lowest BCUT2D eigenvalue weighted by Gasteiger charge is -2.68. The molecular weight excluding hydrogens is 645 g/mol. The molecule has 7 nitrogen and oxygen atoms in total. The van der Waals surface area contributed by atoms with E-state index in [1.807, 2.05) is 0 Å². The standard InChI is InChI=1S/C43H62FNO6/c1-25(2)36-31(46)21-43(33(47)24-45-23-26-9-11-27(44)12-10-26)20-19-41(7)28-15-16-32-40(5,6)34(51-35(48)22-39(3,4)38(49)50)17-18-42(32,8)29(28)13-14-30(41)37(36)43/h9-12,25,28-30,32-34,45,47H,13-24H2,1-8H3,(H,49,50)/t28-,29+,30-,32+,33+,34+,41+,42-,43+/m1/s1. The molecule has 5 aliphatic rings. The lowest BCUT2D eigenvalue weighted by molar-refractivity contribution is -0.205. The number of aliphatic carboxylic acids is 1. The van der Waals surface area contributed by atoms with E-state index >= 15 is 0 Å². The number of esters is 1. The van der Waals surface area contributed by atoms with E-state index in [0.29, 0.717) is 37.3 Å². The molecule has 6 rings (SSSR count). The zero-order chi connectivity index (χ0) is 37.3. The number of halogens is 1. The maximum Gasteiger partial charge on any atom is 0.309 e. The Morgan fingerprint density at radius 3 is 2.25 bits per heavy atom. The summed E-state index contributed by atoms with van der Waals surface area (Å²) in [5.74, 6) is 0.279. The van der Waals surface area contributed by atoms with Gasteiger partial charge in [-0.1, -0.05) is 59.2 Å². The molecule has 1 aromatic carbocycles. The minimum atomic E-state index is -1.17. The van der Waals surface area contributed by atoms with Crippen LogP contribution in [-0.2, 0) is 25.7 Å². The average Bonchev–Trinajstić information content (AvgIpc) is 3.36. The minimum Gasteiger partial charge on any atom is -0.481 e. The maximum atomic E-state index is 13.9. The molecule has 0 aliphatic heterocycles. The van der Waals surface area contributed by atoms with E-state index in [0.717, 1.165) is 62.5 Å². The molecule has 0 amide bonds. The van der Waals surface area contributed by atoms with Crippen molar-refractivity contribution < 1.29 is 33.7 Å². The highest BCUT2D eigenvalue weighted by atomic mass is 19.1. The van der Waals surface area contributed by atoms with Crippen LogP contribution in [0.3, 0.4) is 0 Å². The number of ether oxygens (including phenoxy) is 1. The second-order valence-corrected chi connectivity index (χ2v) is 19.2. The molecule has 0 heterocycles. The molecule has 0 unspecified atom stereocenters. The van der Waals surface area contributed by atoms with Gasteiger partial charge in [0.2, 0.25) is 0 Å². The molecule has 8 heteroatoms. The smallest absolute Gasteiger partial charge is 0.309 e. The van der Waals surface area contributed by atoms with Crippen molar-refractivity contribution in [2.75, 3.05) is 6.54 Å². The second-order valence-electron chi connectivity index (χ2n) is 19.2. The fourth-order valence-electron chi connectivity index (χ4n) is 12.5. The van der Waals surface area contributed by atoms with Gasteiger partial charge in [-0.25, -0.2) is 4.39 Å². The number of hydrogen-bond acceptors (Lipinski definition) is 6. The topological polar surface area (TPSA) is 113 Å². The summed E-state index contributed by atoms with van der Waals surface area (Å²) >= 11 is 0. The molecule has 1 aromatic rings. The fraction of sp³-hybridized carbons (Fsp3) is 0.744. The third-order valence-electron chi connectivity index (χ3n) is 15.3. The number of carbonyl (C=O) groups is 3. The third-order valence-corrected chi connectivity index (χ3v) is 15.3. The van der Waals surface area contributed by atoms with Crippen molar-refractivity contribution in [3.63, 3.8) is 0 Å². The first-order valence-corrected chi connectivity index (χ1v) is 19.6. The molecule has 0 spiro atoms. The normalized spacial score (nSPS) is 36.5. The van der Waals surface area contributed by atoms with E-state index in [2.05, 4.69) is 46.9 Å². The SMILES string of the molecule is CC(C)C1=C2[C@H]3CC[C@H]4[C@@H](CC[C@H]5C(C)(C)[C@@H](OC(=O)CC(C)(C)C(=O)O)CC[C@]45C)[C@]3(C)CC[C@@]2([C@@H](O)CNCc2ccc(F)cc2)CC1=O. The van der Waals surface area contributed by atoms with Crippen molar-refractivity contribution >= 4 is 17.7 Å². The van der Waals surface area contributed by atoms with Crippen LogP contribution >= 0.6 is 0 Å². The van der Waals surface area contributed by atoms with E-state index in [-0.39, 0.29) is 52.2 Å². The number of aliphatic hydroxyl groups excluding tert-OH is 1. The third kappa shape index (κ3) is 6.32. The lowest BCUT2D eigenvalue weighted by atomic mass is 9.37. The Labute approximate surface area is 304 Å². The molecule has 4 fully saturated rings. The van der Waals surface area contributed by atoms with Gasteiger partial charge < -0.3 is 20.3 Å². The zero-order valence-corrected chi connectivity index (χ0v) is 32.2. The van der Waals surface area contributed by atoms with Gasteiger partial charge in [-0.15, -0.1) is 0 Å². The predicted molar refractivity (Wildman–Crippen MR) is 195 cm³/mol. The van der Waals surface area contributed by atoms with Crippen molar-refractivity contribution in [3.05, 3.63) is 46.8 Å². The van der Waals surface area contributed by atoms with Crippen LogP contribution in [0.2, 0.25) is 0 Å². The molecule has 51 heavy (non-hydrogen) atoms. The van der Waals surface area contributed by atoms with Crippen molar-refractivity contribution in [1.29, 1.82) is 0 Å². The first-order chi connectivity index (χ1) is 23.8. The quantitative estimate of drug-likeness (QED) is 0.210. The number of allylic oxidation sites excluding steroid dienone is 1. The average molecular weight is 708 g/mol. The first-order valence-electron chi connectivity index (χ1n) is 19.6. The summed E-state index contributed by atoms with van der Waals surface area (Å²) in [7, 11) is 0. The number of ketones is 1. The number of aliphatic hydroxyl groups is 1.